The first-order valence-electron chi connectivity index (χ1n) is 9.61. The number of hydrogen-bond donors (Lipinski definition) is 2. The summed E-state index contributed by atoms with van der Waals surface area (Å²) < 4.78 is 5.39. The van der Waals surface area contributed by atoms with Gasteiger partial charge in [-0.05, 0) is 58.9 Å². The van der Waals surface area contributed by atoms with Crippen LogP contribution in [-0.2, 0) is 4.74 Å². The van der Waals surface area contributed by atoms with Crippen LogP contribution in [0.15, 0.2) is 30.3 Å². The summed E-state index contributed by atoms with van der Waals surface area (Å²) in [6, 6.07) is 10.6. The molecule has 1 aromatic rings. The van der Waals surface area contributed by atoms with Crippen molar-refractivity contribution in [1.29, 1.82) is 0 Å². The SMILES string of the molecule is CC(O)CC(SC1CCCC(NC(=O)OC(C)(C)C)C1)c1ccccc1. The van der Waals surface area contributed by atoms with E-state index in [1.54, 1.807) is 0 Å². The number of carbonyl (C=O) groups is 1. The Bertz CT molecular complexity index is 556. The summed E-state index contributed by atoms with van der Waals surface area (Å²) in [6.45, 7) is 7.50. The highest BCUT2D eigenvalue weighted by Crippen LogP contribution is 2.41. The highest BCUT2D eigenvalue weighted by Gasteiger charge is 2.28. The maximum absolute atomic E-state index is 12.0. The van der Waals surface area contributed by atoms with E-state index in [-0.39, 0.29) is 23.5 Å². The third kappa shape index (κ3) is 7.58. The largest absolute Gasteiger partial charge is 0.444 e. The molecule has 146 valence electrons. The van der Waals surface area contributed by atoms with E-state index in [0.717, 1.165) is 32.1 Å². The van der Waals surface area contributed by atoms with E-state index in [1.165, 1.54) is 5.56 Å². The number of aliphatic hydroxyl groups excluding tert-OH is 1. The molecule has 2 rings (SSSR count). The molecule has 0 radical (unpaired) electrons. The Balaban J connectivity index is 1.93. The van der Waals surface area contributed by atoms with Crippen molar-refractivity contribution >= 4 is 17.9 Å². The summed E-state index contributed by atoms with van der Waals surface area (Å²) >= 11 is 1.94. The number of alkyl carbamates (subject to hydrolysis) is 1. The van der Waals surface area contributed by atoms with Gasteiger partial charge in [-0.1, -0.05) is 36.8 Å². The van der Waals surface area contributed by atoms with E-state index in [1.807, 2.05) is 45.5 Å². The van der Waals surface area contributed by atoms with Crippen molar-refractivity contribution in [2.45, 2.75) is 88.0 Å². The topological polar surface area (TPSA) is 58.6 Å². The Hall–Kier alpha value is -1.20. The molecular weight excluding hydrogens is 346 g/mol. The minimum absolute atomic E-state index is 0.166. The predicted octanol–water partition coefficient (Wildman–Crippen LogP) is 5.07. The van der Waals surface area contributed by atoms with Crippen LogP contribution in [0.2, 0.25) is 0 Å². The molecule has 1 fully saturated rings. The number of nitrogens with one attached hydrogen (secondary N) is 1. The molecule has 4 atom stereocenters. The molecule has 1 saturated carbocycles. The second-order valence-corrected chi connectivity index (χ2v) is 9.76. The molecule has 1 amide bonds. The number of benzene rings is 1. The Labute approximate surface area is 162 Å². The molecular formula is C21H33NO3S. The number of hydrogen-bond acceptors (Lipinski definition) is 4. The minimum atomic E-state index is -0.470. The van der Waals surface area contributed by atoms with Crippen LogP contribution in [0, 0.1) is 0 Å². The molecule has 26 heavy (non-hydrogen) atoms. The summed E-state index contributed by atoms with van der Waals surface area (Å²) in [7, 11) is 0. The van der Waals surface area contributed by atoms with Crippen LogP contribution < -0.4 is 5.32 Å². The Morgan fingerprint density at radius 2 is 2.00 bits per heavy atom. The molecule has 0 aliphatic heterocycles. The lowest BCUT2D eigenvalue weighted by atomic mass is 9.95. The molecule has 0 heterocycles. The molecule has 5 heteroatoms. The molecule has 1 aromatic carbocycles. The Morgan fingerprint density at radius 1 is 1.31 bits per heavy atom. The Kier molecular flexibility index (Phi) is 7.84. The van der Waals surface area contributed by atoms with Gasteiger partial charge in [-0.25, -0.2) is 4.79 Å². The first kappa shape index (κ1) is 21.1. The van der Waals surface area contributed by atoms with E-state index < -0.39 is 5.60 Å². The van der Waals surface area contributed by atoms with Crippen LogP contribution in [0.1, 0.15) is 70.6 Å². The van der Waals surface area contributed by atoms with Gasteiger partial charge in [0.1, 0.15) is 5.60 Å². The molecule has 2 N–H and O–H groups in total. The van der Waals surface area contributed by atoms with Crippen LogP contribution in [0.3, 0.4) is 0 Å². The second kappa shape index (κ2) is 9.65. The standard InChI is InChI=1S/C21H33NO3S/c1-15(23)13-19(16-9-6-5-7-10-16)26-18-12-8-11-17(14-18)22-20(24)25-21(2,3)4/h5-7,9-10,15,17-19,23H,8,11-14H2,1-4H3,(H,22,24). The lowest BCUT2D eigenvalue weighted by molar-refractivity contribution is 0.0494. The average molecular weight is 380 g/mol. The summed E-state index contributed by atoms with van der Waals surface area (Å²) in [5.74, 6) is 0. The van der Waals surface area contributed by atoms with Crippen molar-refractivity contribution in [3.63, 3.8) is 0 Å². The van der Waals surface area contributed by atoms with Crippen molar-refractivity contribution in [2.75, 3.05) is 0 Å². The zero-order chi connectivity index (χ0) is 19.2. The average Bonchev–Trinajstić information content (AvgIpc) is 2.53. The van der Waals surface area contributed by atoms with Crippen LogP contribution >= 0.6 is 11.8 Å². The molecule has 0 aromatic heterocycles. The number of rotatable bonds is 6. The van der Waals surface area contributed by atoms with Crippen molar-refractivity contribution in [1.82, 2.24) is 5.32 Å². The van der Waals surface area contributed by atoms with Gasteiger partial charge in [0.25, 0.3) is 0 Å². The smallest absolute Gasteiger partial charge is 0.407 e. The van der Waals surface area contributed by atoms with E-state index >= 15 is 0 Å². The number of amides is 1. The first-order valence-corrected chi connectivity index (χ1v) is 10.5. The maximum Gasteiger partial charge on any atom is 0.407 e. The van der Waals surface area contributed by atoms with Crippen molar-refractivity contribution in [2.24, 2.45) is 0 Å². The van der Waals surface area contributed by atoms with Gasteiger partial charge in [0, 0.05) is 16.5 Å². The fourth-order valence-corrected chi connectivity index (χ4v) is 5.17. The summed E-state index contributed by atoms with van der Waals surface area (Å²) in [4.78, 5) is 12.0. The molecule has 4 unspecified atom stereocenters. The van der Waals surface area contributed by atoms with Gasteiger partial charge in [-0.2, -0.15) is 11.8 Å². The second-order valence-electron chi connectivity index (χ2n) is 8.25. The maximum atomic E-state index is 12.0. The number of aliphatic hydroxyl groups is 1. The van der Waals surface area contributed by atoms with Crippen LogP contribution in [0.25, 0.3) is 0 Å². The first-order chi connectivity index (χ1) is 12.2. The van der Waals surface area contributed by atoms with Gasteiger partial charge in [-0.3, -0.25) is 0 Å². The zero-order valence-corrected chi connectivity index (χ0v) is 17.2. The summed E-state index contributed by atoms with van der Waals surface area (Å²) in [5.41, 5.74) is 0.795. The van der Waals surface area contributed by atoms with Crippen molar-refractivity contribution < 1.29 is 14.6 Å². The third-order valence-corrected chi connectivity index (χ3v) is 6.04. The minimum Gasteiger partial charge on any atom is -0.444 e. The summed E-state index contributed by atoms with van der Waals surface area (Å²) in [6.07, 6.45) is 4.31. The van der Waals surface area contributed by atoms with Gasteiger partial charge < -0.3 is 15.2 Å². The van der Waals surface area contributed by atoms with E-state index in [4.69, 9.17) is 4.74 Å². The highest BCUT2D eigenvalue weighted by atomic mass is 32.2. The fourth-order valence-electron chi connectivity index (χ4n) is 3.35. The summed E-state index contributed by atoms with van der Waals surface area (Å²) in [5, 5.41) is 13.7. The van der Waals surface area contributed by atoms with E-state index in [2.05, 4.69) is 29.6 Å². The number of thioether (sulfide) groups is 1. The number of carbonyl (C=O) groups excluding carboxylic acids is 1. The normalized spacial score (nSPS) is 23.1. The van der Waals surface area contributed by atoms with Gasteiger partial charge in [-0.15, -0.1) is 0 Å². The van der Waals surface area contributed by atoms with Crippen molar-refractivity contribution in [3.05, 3.63) is 35.9 Å². The zero-order valence-electron chi connectivity index (χ0n) is 16.4. The molecule has 0 saturated heterocycles. The van der Waals surface area contributed by atoms with Gasteiger partial charge >= 0.3 is 6.09 Å². The molecule has 0 bridgehead atoms. The highest BCUT2D eigenvalue weighted by molar-refractivity contribution is 8.00. The van der Waals surface area contributed by atoms with Crippen LogP contribution in [0.4, 0.5) is 4.79 Å². The van der Waals surface area contributed by atoms with Crippen LogP contribution in [0.5, 0.6) is 0 Å². The lowest BCUT2D eigenvalue weighted by Gasteiger charge is -2.32. The van der Waals surface area contributed by atoms with Gasteiger partial charge in [0.2, 0.25) is 0 Å². The van der Waals surface area contributed by atoms with E-state index in [9.17, 15) is 9.90 Å². The third-order valence-electron chi connectivity index (χ3n) is 4.43. The molecule has 1 aliphatic rings. The number of ether oxygens (including phenoxy) is 1. The lowest BCUT2D eigenvalue weighted by Crippen LogP contribution is -2.42. The van der Waals surface area contributed by atoms with Crippen LogP contribution in [-0.4, -0.2) is 34.2 Å². The van der Waals surface area contributed by atoms with Gasteiger partial charge in [0.05, 0.1) is 6.10 Å². The van der Waals surface area contributed by atoms with E-state index in [0.29, 0.717) is 5.25 Å². The monoisotopic (exact) mass is 379 g/mol. The van der Waals surface area contributed by atoms with Crippen molar-refractivity contribution in [3.8, 4) is 0 Å². The Morgan fingerprint density at radius 3 is 2.62 bits per heavy atom. The molecule has 1 aliphatic carbocycles. The molecule has 4 nitrogen and oxygen atoms in total. The molecule has 0 spiro atoms. The van der Waals surface area contributed by atoms with Gasteiger partial charge in [0.15, 0.2) is 0 Å². The fraction of sp³-hybridized carbons (Fsp3) is 0.667. The quantitative estimate of drug-likeness (QED) is 0.725. The predicted molar refractivity (Wildman–Crippen MR) is 108 cm³/mol.